The number of piperidine rings is 1. The predicted octanol–water partition coefficient (Wildman–Crippen LogP) is 2.72. The highest BCUT2D eigenvalue weighted by atomic mass is 19.1. The third kappa shape index (κ3) is 5.02. The molecular weight excluding hydrogens is 307 g/mol. The Kier molecular flexibility index (Phi) is 6.21. The van der Waals surface area contributed by atoms with Gasteiger partial charge in [0.15, 0.2) is 0 Å². The number of benzene rings is 1. The van der Waals surface area contributed by atoms with Crippen LogP contribution >= 0.6 is 0 Å². The van der Waals surface area contributed by atoms with Crippen LogP contribution in [0.5, 0.6) is 0 Å². The molecule has 0 spiro atoms. The Morgan fingerprint density at radius 3 is 2.58 bits per heavy atom. The number of carbonyl (C=O) groups is 1. The van der Waals surface area contributed by atoms with E-state index in [0.717, 1.165) is 57.6 Å². The lowest BCUT2D eigenvalue weighted by atomic mass is 9.92. The van der Waals surface area contributed by atoms with Crippen LogP contribution in [0.25, 0.3) is 0 Å². The number of hydrogen-bond acceptors (Lipinski definition) is 3. The summed E-state index contributed by atoms with van der Waals surface area (Å²) in [5.74, 6) is 0.492. The van der Waals surface area contributed by atoms with E-state index < -0.39 is 0 Å². The van der Waals surface area contributed by atoms with Gasteiger partial charge < -0.3 is 10.1 Å². The summed E-state index contributed by atoms with van der Waals surface area (Å²) in [4.78, 5) is 14.5. The van der Waals surface area contributed by atoms with Gasteiger partial charge in [0.25, 0.3) is 0 Å². The van der Waals surface area contributed by atoms with E-state index >= 15 is 0 Å². The second-order valence-electron chi connectivity index (χ2n) is 6.97. The summed E-state index contributed by atoms with van der Waals surface area (Å²) in [7, 11) is 0. The lowest BCUT2D eigenvalue weighted by Gasteiger charge is -2.32. The number of nitrogens with zero attached hydrogens (tertiary/aromatic N) is 1. The van der Waals surface area contributed by atoms with Crippen LogP contribution < -0.4 is 5.32 Å². The smallest absolute Gasteiger partial charge is 0.220 e. The molecule has 1 amide bonds. The number of likely N-dealkylation sites (tertiary alicyclic amines) is 1. The fourth-order valence-electron chi connectivity index (χ4n) is 3.61. The Hall–Kier alpha value is -1.46. The Balaban J connectivity index is 1.38. The van der Waals surface area contributed by atoms with E-state index in [4.69, 9.17) is 4.74 Å². The van der Waals surface area contributed by atoms with Gasteiger partial charge in [0.1, 0.15) is 5.82 Å². The van der Waals surface area contributed by atoms with E-state index in [9.17, 15) is 9.18 Å². The minimum Gasteiger partial charge on any atom is -0.381 e. The van der Waals surface area contributed by atoms with Gasteiger partial charge in [0.2, 0.25) is 5.91 Å². The number of halogens is 1. The molecule has 132 valence electrons. The SMILES string of the molecule is O=C(CC1CCN(Cc2ccccc2F)CC1)NC1CCOCC1. The van der Waals surface area contributed by atoms with Crippen molar-refractivity contribution in [3.8, 4) is 0 Å². The third-order valence-corrected chi connectivity index (χ3v) is 5.12. The summed E-state index contributed by atoms with van der Waals surface area (Å²) in [6, 6.07) is 7.26. The first-order chi connectivity index (χ1) is 11.7. The van der Waals surface area contributed by atoms with Crippen LogP contribution in [0.2, 0.25) is 0 Å². The molecule has 24 heavy (non-hydrogen) atoms. The number of ether oxygens (including phenoxy) is 1. The molecule has 2 aliphatic heterocycles. The molecule has 2 saturated heterocycles. The summed E-state index contributed by atoms with van der Waals surface area (Å²) < 4.78 is 19.0. The number of amides is 1. The maximum absolute atomic E-state index is 13.7. The normalized spacial score (nSPS) is 20.9. The number of hydrogen-bond donors (Lipinski definition) is 1. The van der Waals surface area contributed by atoms with Crippen molar-refractivity contribution in [3.05, 3.63) is 35.6 Å². The van der Waals surface area contributed by atoms with Crippen LogP contribution in [0.15, 0.2) is 24.3 Å². The first kappa shape index (κ1) is 17.4. The zero-order chi connectivity index (χ0) is 16.8. The van der Waals surface area contributed by atoms with Crippen LogP contribution in [0.4, 0.5) is 4.39 Å². The summed E-state index contributed by atoms with van der Waals surface area (Å²) in [6.45, 7) is 4.03. The topological polar surface area (TPSA) is 41.6 Å². The molecule has 0 aromatic heterocycles. The van der Waals surface area contributed by atoms with Gasteiger partial charge in [-0.25, -0.2) is 4.39 Å². The van der Waals surface area contributed by atoms with E-state index in [1.54, 1.807) is 6.07 Å². The van der Waals surface area contributed by atoms with E-state index in [2.05, 4.69) is 10.2 Å². The molecule has 0 atom stereocenters. The van der Waals surface area contributed by atoms with Gasteiger partial charge in [-0.05, 0) is 50.8 Å². The Morgan fingerprint density at radius 1 is 1.17 bits per heavy atom. The van der Waals surface area contributed by atoms with Crippen molar-refractivity contribution in [3.63, 3.8) is 0 Å². The maximum atomic E-state index is 13.7. The molecule has 0 radical (unpaired) electrons. The highest BCUT2D eigenvalue weighted by Gasteiger charge is 2.23. The van der Waals surface area contributed by atoms with Crippen molar-refractivity contribution >= 4 is 5.91 Å². The average Bonchev–Trinajstić information content (AvgIpc) is 2.59. The van der Waals surface area contributed by atoms with Crippen molar-refractivity contribution in [2.24, 2.45) is 5.92 Å². The lowest BCUT2D eigenvalue weighted by molar-refractivity contribution is -0.123. The monoisotopic (exact) mass is 334 g/mol. The quantitative estimate of drug-likeness (QED) is 0.900. The Bertz CT molecular complexity index is 538. The summed E-state index contributed by atoms with van der Waals surface area (Å²) in [5.41, 5.74) is 0.758. The minimum absolute atomic E-state index is 0.129. The second-order valence-corrected chi connectivity index (χ2v) is 6.97. The van der Waals surface area contributed by atoms with Gasteiger partial charge in [-0.15, -0.1) is 0 Å². The second kappa shape index (κ2) is 8.58. The minimum atomic E-state index is -0.129. The molecule has 1 aromatic rings. The van der Waals surface area contributed by atoms with Crippen molar-refractivity contribution < 1.29 is 13.9 Å². The summed E-state index contributed by atoms with van der Waals surface area (Å²) in [5, 5.41) is 3.14. The molecule has 0 aliphatic carbocycles. The van der Waals surface area contributed by atoms with Crippen LogP contribution in [-0.2, 0) is 16.1 Å². The van der Waals surface area contributed by atoms with Crippen molar-refractivity contribution in [1.29, 1.82) is 0 Å². The molecule has 0 saturated carbocycles. The van der Waals surface area contributed by atoms with Gasteiger partial charge in [-0.2, -0.15) is 0 Å². The predicted molar refractivity (Wildman–Crippen MR) is 91.0 cm³/mol. The zero-order valence-corrected chi connectivity index (χ0v) is 14.2. The molecule has 2 fully saturated rings. The fourth-order valence-corrected chi connectivity index (χ4v) is 3.61. The van der Waals surface area contributed by atoms with E-state index in [1.807, 2.05) is 12.1 Å². The first-order valence-electron chi connectivity index (χ1n) is 9.03. The van der Waals surface area contributed by atoms with Crippen LogP contribution in [-0.4, -0.2) is 43.2 Å². The molecule has 2 aliphatic rings. The Labute approximate surface area is 143 Å². The molecule has 4 nitrogen and oxygen atoms in total. The highest BCUT2D eigenvalue weighted by Crippen LogP contribution is 2.22. The molecule has 2 heterocycles. The van der Waals surface area contributed by atoms with E-state index in [1.165, 1.54) is 6.07 Å². The lowest BCUT2D eigenvalue weighted by Crippen LogP contribution is -2.41. The molecule has 0 unspecified atom stereocenters. The van der Waals surface area contributed by atoms with E-state index in [-0.39, 0.29) is 17.8 Å². The zero-order valence-electron chi connectivity index (χ0n) is 14.2. The largest absolute Gasteiger partial charge is 0.381 e. The number of rotatable bonds is 5. The van der Waals surface area contributed by atoms with Crippen molar-refractivity contribution in [2.45, 2.75) is 44.7 Å². The third-order valence-electron chi connectivity index (χ3n) is 5.12. The molecule has 3 rings (SSSR count). The van der Waals surface area contributed by atoms with E-state index in [0.29, 0.717) is 18.9 Å². The molecular formula is C19H27FN2O2. The van der Waals surface area contributed by atoms with Crippen LogP contribution in [0, 0.1) is 11.7 Å². The molecule has 1 N–H and O–H groups in total. The van der Waals surface area contributed by atoms with Crippen molar-refractivity contribution in [1.82, 2.24) is 10.2 Å². The van der Waals surface area contributed by atoms with Crippen LogP contribution in [0.1, 0.15) is 37.7 Å². The van der Waals surface area contributed by atoms with Crippen LogP contribution in [0.3, 0.4) is 0 Å². The molecule has 0 bridgehead atoms. The number of carbonyl (C=O) groups excluding carboxylic acids is 1. The standard InChI is InChI=1S/C19H27FN2O2/c20-18-4-2-1-3-16(18)14-22-9-5-15(6-10-22)13-19(23)21-17-7-11-24-12-8-17/h1-4,15,17H,5-14H2,(H,21,23). The van der Waals surface area contributed by atoms with Crippen molar-refractivity contribution in [2.75, 3.05) is 26.3 Å². The number of nitrogens with one attached hydrogen (secondary N) is 1. The van der Waals surface area contributed by atoms with Gasteiger partial charge in [0, 0.05) is 37.8 Å². The Morgan fingerprint density at radius 2 is 1.88 bits per heavy atom. The van der Waals surface area contributed by atoms with Gasteiger partial charge in [-0.1, -0.05) is 18.2 Å². The summed E-state index contributed by atoms with van der Waals surface area (Å²) in [6.07, 6.45) is 4.48. The molecule has 5 heteroatoms. The van der Waals surface area contributed by atoms with Gasteiger partial charge in [-0.3, -0.25) is 9.69 Å². The first-order valence-corrected chi connectivity index (χ1v) is 9.03. The highest BCUT2D eigenvalue weighted by molar-refractivity contribution is 5.76. The average molecular weight is 334 g/mol. The fraction of sp³-hybridized carbons (Fsp3) is 0.632. The van der Waals surface area contributed by atoms with Gasteiger partial charge in [0.05, 0.1) is 0 Å². The summed E-state index contributed by atoms with van der Waals surface area (Å²) >= 11 is 0. The van der Waals surface area contributed by atoms with Gasteiger partial charge >= 0.3 is 0 Å². The maximum Gasteiger partial charge on any atom is 0.220 e. The molecule has 1 aromatic carbocycles.